The van der Waals surface area contributed by atoms with Crippen LogP contribution in [0, 0.1) is 0 Å². The quantitative estimate of drug-likeness (QED) is 0.768. The molecule has 4 heteroatoms. The van der Waals surface area contributed by atoms with E-state index in [9.17, 15) is 0 Å². The Bertz CT molecular complexity index is 204. The SMILES string of the molecule is CC1CN=C(NCCN(C)C(C)C)S1. The molecule has 1 aliphatic rings. The van der Waals surface area contributed by atoms with Crippen LogP contribution in [0.4, 0.5) is 0 Å². The molecule has 1 aliphatic heterocycles. The van der Waals surface area contributed by atoms with Gasteiger partial charge in [0.1, 0.15) is 0 Å². The number of nitrogens with zero attached hydrogens (tertiary/aromatic N) is 2. The minimum Gasteiger partial charge on any atom is -0.364 e. The molecule has 3 nitrogen and oxygen atoms in total. The topological polar surface area (TPSA) is 27.6 Å². The van der Waals surface area contributed by atoms with E-state index in [4.69, 9.17) is 0 Å². The first kappa shape index (κ1) is 11.9. The van der Waals surface area contributed by atoms with Crippen molar-refractivity contribution in [2.75, 3.05) is 26.7 Å². The second-order valence-corrected chi connectivity index (χ2v) is 5.50. The van der Waals surface area contributed by atoms with Crippen LogP contribution in [0.3, 0.4) is 0 Å². The number of likely N-dealkylation sites (N-methyl/N-ethyl adjacent to an activating group) is 1. The summed E-state index contributed by atoms with van der Waals surface area (Å²) in [5.41, 5.74) is 0. The van der Waals surface area contributed by atoms with Crippen LogP contribution in [0.1, 0.15) is 20.8 Å². The number of nitrogens with one attached hydrogen (secondary N) is 1. The lowest BCUT2D eigenvalue weighted by molar-refractivity contribution is 0.278. The molecular weight excluding hydrogens is 194 g/mol. The maximum absolute atomic E-state index is 4.41. The molecule has 0 fully saturated rings. The molecule has 1 rings (SSSR count). The second-order valence-electron chi connectivity index (χ2n) is 4.08. The van der Waals surface area contributed by atoms with Crippen LogP contribution >= 0.6 is 11.8 Å². The molecule has 0 saturated heterocycles. The van der Waals surface area contributed by atoms with Crippen molar-refractivity contribution >= 4 is 16.9 Å². The van der Waals surface area contributed by atoms with E-state index in [2.05, 4.69) is 43.0 Å². The van der Waals surface area contributed by atoms with Gasteiger partial charge in [-0.25, -0.2) is 0 Å². The van der Waals surface area contributed by atoms with Crippen LogP contribution in [0.25, 0.3) is 0 Å². The maximum atomic E-state index is 4.41. The fourth-order valence-corrected chi connectivity index (χ4v) is 2.04. The van der Waals surface area contributed by atoms with Crippen molar-refractivity contribution in [1.82, 2.24) is 10.2 Å². The van der Waals surface area contributed by atoms with E-state index in [1.54, 1.807) is 0 Å². The number of thioether (sulfide) groups is 1. The van der Waals surface area contributed by atoms with Crippen molar-refractivity contribution in [2.45, 2.75) is 32.1 Å². The monoisotopic (exact) mass is 215 g/mol. The van der Waals surface area contributed by atoms with E-state index in [0.717, 1.165) is 24.8 Å². The molecular formula is C10H21N3S. The molecule has 0 bridgehead atoms. The normalized spacial score (nSPS) is 21.9. The highest BCUT2D eigenvalue weighted by Crippen LogP contribution is 2.17. The van der Waals surface area contributed by atoms with Crippen molar-refractivity contribution in [2.24, 2.45) is 4.99 Å². The van der Waals surface area contributed by atoms with Gasteiger partial charge in [0.2, 0.25) is 0 Å². The van der Waals surface area contributed by atoms with Crippen molar-refractivity contribution in [3.63, 3.8) is 0 Å². The Morgan fingerprint density at radius 3 is 2.86 bits per heavy atom. The van der Waals surface area contributed by atoms with Gasteiger partial charge in [0, 0.05) is 24.4 Å². The Kier molecular flexibility index (Phi) is 4.75. The summed E-state index contributed by atoms with van der Waals surface area (Å²) in [4.78, 5) is 6.74. The third-order valence-electron chi connectivity index (χ3n) is 2.43. The third kappa shape index (κ3) is 3.88. The molecule has 1 N–H and O–H groups in total. The maximum Gasteiger partial charge on any atom is 0.156 e. The molecule has 0 aromatic heterocycles. The van der Waals surface area contributed by atoms with E-state index in [0.29, 0.717) is 11.3 Å². The zero-order valence-corrected chi connectivity index (χ0v) is 10.4. The van der Waals surface area contributed by atoms with Crippen LogP contribution < -0.4 is 5.32 Å². The Labute approximate surface area is 91.3 Å². The number of rotatable bonds is 4. The highest BCUT2D eigenvalue weighted by atomic mass is 32.2. The van der Waals surface area contributed by atoms with E-state index >= 15 is 0 Å². The van der Waals surface area contributed by atoms with Gasteiger partial charge >= 0.3 is 0 Å². The predicted octanol–water partition coefficient (Wildman–Crippen LogP) is 1.41. The molecule has 0 saturated carbocycles. The van der Waals surface area contributed by atoms with Crippen molar-refractivity contribution in [1.29, 1.82) is 0 Å². The summed E-state index contributed by atoms with van der Waals surface area (Å²) in [6.45, 7) is 9.67. The molecule has 0 amide bonds. The Hall–Kier alpha value is -0.220. The highest BCUT2D eigenvalue weighted by Gasteiger charge is 2.14. The number of hydrogen-bond acceptors (Lipinski definition) is 4. The van der Waals surface area contributed by atoms with Gasteiger partial charge in [-0.1, -0.05) is 18.7 Å². The first-order chi connectivity index (χ1) is 6.59. The molecule has 0 spiro atoms. The lowest BCUT2D eigenvalue weighted by Crippen LogP contribution is -2.35. The molecule has 0 radical (unpaired) electrons. The van der Waals surface area contributed by atoms with Crippen LogP contribution in [-0.4, -0.2) is 48.0 Å². The van der Waals surface area contributed by atoms with Gasteiger partial charge in [-0.2, -0.15) is 0 Å². The average Bonchev–Trinajstić information content (AvgIpc) is 2.51. The minimum atomic E-state index is 0.619. The van der Waals surface area contributed by atoms with E-state index in [1.165, 1.54) is 0 Å². The molecule has 1 heterocycles. The Balaban J connectivity index is 2.10. The number of amidine groups is 1. The van der Waals surface area contributed by atoms with E-state index < -0.39 is 0 Å². The molecule has 1 unspecified atom stereocenters. The summed E-state index contributed by atoms with van der Waals surface area (Å²) in [6.07, 6.45) is 0. The van der Waals surface area contributed by atoms with Crippen molar-refractivity contribution < 1.29 is 0 Å². The van der Waals surface area contributed by atoms with Crippen LogP contribution in [0.15, 0.2) is 4.99 Å². The predicted molar refractivity (Wildman–Crippen MR) is 65.1 cm³/mol. The summed E-state index contributed by atoms with van der Waals surface area (Å²) in [6, 6.07) is 0.619. The summed E-state index contributed by atoms with van der Waals surface area (Å²) >= 11 is 1.85. The molecule has 14 heavy (non-hydrogen) atoms. The third-order valence-corrected chi connectivity index (χ3v) is 3.48. The van der Waals surface area contributed by atoms with Gasteiger partial charge in [-0.3, -0.25) is 4.99 Å². The van der Waals surface area contributed by atoms with Crippen molar-refractivity contribution in [3.8, 4) is 0 Å². The van der Waals surface area contributed by atoms with Gasteiger partial charge in [-0.15, -0.1) is 0 Å². The fourth-order valence-electron chi connectivity index (χ4n) is 1.17. The van der Waals surface area contributed by atoms with Gasteiger partial charge < -0.3 is 10.2 Å². The fraction of sp³-hybridized carbons (Fsp3) is 0.900. The van der Waals surface area contributed by atoms with Crippen LogP contribution in [0.5, 0.6) is 0 Å². The second kappa shape index (κ2) is 5.61. The lowest BCUT2D eigenvalue weighted by Gasteiger charge is -2.21. The van der Waals surface area contributed by atoms with E-state index in [1.807, 2.05) is 11.8 Å². The summed E-state index contributed by atoms with van der Waals surface area (Å²) in [7, 11) is 2.15. The van der Waals surface area contributed by atoms with Crippen LogP contribution in [-0.2, 0) is 0 Å². The smallest absolute Gasteiger partial charge is 0.156 e. The van der Waals surface area contributed by atoms with Crippen molar-refractivity contribution in [3.05, 3.63) is 0 Å². The summed E-state index contributed by atoms with van der Waals surface area (Å²) < 4.78 is 0. The van der Waals surface area contributed by atoms with Gasteiger partial charge in [0.25, 0.3) is 0 Å². The van der Waals surface area contributed by atoms with Gasteiger partial charge in [0.15, 0.2) is 5.17 Å². The van der Waals surface area contributed by atoms with Gasteiger partial charge in [-0.05, 0) is 20.9 Å². The lowest BCUT2D eigenvalue weighted by atomic mass is 10.3. The first-order valence-electron chi connectivity index (χ1n) is 5.25. The van der Waals surface area contributed by atoms with Gasteiger partial charge in [0.05, 0.1) is 6.54 Å². The average molecular weight is 215 g/mol. The number of hydrogen-bond donors (Lipinski definition) is 1. The summed E-state index contributed by atoms with van der Waals surface area (Å²) in [5.74, 6) is 0. The Morgan fingerprint density at radius 2 is 2.36 bits per heavy atom. The zero-order valence-electron chi connectivity index (χ0n) is 9.58. The Morgan fingerprint density at radius 1 is 1.64 bits per heavy atom. The minimum absolute atomic E-state index is 0.619. The molecule has 82 valence electrons. The molecule has 0 aromatic carbocycles. The van der Waals surface area contributed by atoms with E-state index in [-0.39, 0.29) is 0 Å². The molecule has 1 atom stereocenters. The highest BCUT2D eigenvalue weighted by molar-refractivity contribution is 8.14. The zero-order chi connectivity index (χ0) is 10.6. The number of aliphatic imine (C=N–C) groups is 1. The molecule has 0 aromatic rings. The van der Waals surface area contributed by atoms with Crippen LogP contribution in [0.2, 0.25) is 0 Å². The first-order valence-corrected chi connectivity index (χ1v) is 6.12. The summed E-state index contributed by atoms with van der Waals surface area (Å²) in [5, 5.41) is 5.14. The largest absolute Gasteiger partial charge is 0.364 e. The standard InChI is InChI=1S/C10H21N3S/c1-8(2)13(4)6-5-11-10-12-7-9(3)14-10/h8-9H,5-7H2,1-4H3,(H,11,12). The molecule has 0 aliphatic carbocycles.